The molecule has 0 fully saturated rings. The van der Waals surface area contributed by atoms with Gasteiger partial charge < -0.3 is 5.73 Å². The van der Waals surface area contributed by atoms with Crippen LogP contribution >= 0.6 is 11.9 Å². The molecular weight excluding hydrogens is 330 g/mol. The van der Waals surface area contributed by atoms with Gasteiger partial charge in [0.25, 0.3) is 0 Å². The zero-order valence-electron chi connectivity index (χ0n) is 15.4. The fourth-order valence-corrected chi connectivity index (χ4v) is 3.03. The van der Waals surface area contributed by atoms with Crippen molar-refractivity contribution in [2.75, 3.05) is 7.05 Å². The lowest BCUT2D eigenvalue weighted by Crippen LogP contribution is -2.16. The van der Waals surface area contributed by atoms with Crippen molar-refractivity contribution in [3.63, 3.8) is 0 Å². The fraction of sp³-hybridized carbons (Fsp3) is 0.421. The monoisotopic (exact) mass is 357 g/mol. The van der Waals surface area contributed by atoms with Gasteiger partial charge in [-0.15, -0.1) is 0 Å². The molecule has 1 heterocycles. The Balaban J connectivity index is 0.000000381. The Labute approximate surface area is 154 Å². The third-order valence-electron chi connectivity index (χ3n) is 3.52. The number of benzene rings is 1. The molecule has 1 unspecified atom stereocenters. The molecule has 6 heteroatoms. The van der Waals surface area contributed by atoms with Gasteiger partial charge in [-0.2, -0.15) is 5.26 Å². The van der Waals surface area contributed by atoms with Crippen LogP contribution in [0.3, 0.4) is 0 Å². The van der Waals surface area contributed by atoms with Gasteiger partial charge in [0.2, 0.25) is 0 Å². The van der Waals surface area contributed by atoms with Gasteiger partial charge in [-0.3, -0.25) is 10.4 Å². The molecule has 1 aromatic heterocycles. The second-order valence-electron chi connectivity index (χ2n) is 6.06. The summed E-state index contributed by atoms with van der Waals surface area (Å²) in [7, 11) is 1.92. The predicted octanol–water partition coefficient (Wildman–Crippen LogP) is 4.46. The summed E-state index contributed by atoms with van der Waals surface area (Å²) in [5.41, 5.74) is 8.76. The average Bonchev–Trinajstić information content (AvgIpc) is 2.54. The van der Waals surface area contributed by atoms with Crippen LogP contribution < -0.4 is 5.73 Å². The Kier molecular flexibility index (Phi) is 8.96. The van der Waals surface area contributed by atoms with Crippen molar-refractivity contribution in [1.29, 1.82) is 10.7 Å². The average molecular weight is 358 g/mol. The van der Waals surface area contributed by atoms with E-state index in [0.717, 1.165) is 29.3 Å². The van der Waals surface area contributed by atoms with Crippen LogP contribution in [0.2, 0.25) is 0 Å². The lowest BCUT2D eigenvalue weighted by Gasteiger charge is -2.15. The summed E-state index contributed by atoms with van der Waals surface area (Å²) in [5.74, 6) is 0.255. The van der Waals surface area contributed by atoms with E-state index in [4.69, 9.17) is 16.4 Å². The minimum atomic E-state index is 0.0995. The molecule has 2 aromatic rings. The lowest BCUT2D eigenvalue weighted by atomic mass is 10.1. The molecule has 1 aromatic carbocycles. The third kappa shape index (κ3) is 7.55. The van der Waals surface area contributed by atoms with Crippen LogP contribution in [0, 0.1) is 29.6 Å². The van der Waals surface area contributed by atoms with E-state index >= 15 is 0 Å². The summed E-state index contributed by atoms with van der Waals surface area (Å²) < 4.78 is 1.94. The van der Waals surface area contributed by atoms with Crippen LogP contribution in [-0.2, 0) is 6.54 Å². The van der Waals surface area contributed by atoms with E-state index in [1.54, 1.807) is 6.20 Å². The van der Waals surface area contributed by atoms with Crippen LogP contribution in [0.4, 0.5) is 0 Å². The van der Waals surface area contributed by atoms with Crippen LogP contribution in [-0.4, -0.2) is 21.5 Å². The summed E-state index contributed by atoms with van der Waals surface area (Å²) in [4.78, 5) is 4.43. The first-order valence-corrected chi connectivity index (χ1v) is 9.11. The summed E-state index contributed by atoms with van der Waals surface area (Å²) >= 11 is 1.23. The molecule has 0 aliphatic carbocycles. The summed E-state index contributed by atoms with van der Waals surface area (Å²) in [5, 5.41) is 16.7. The smallest absolute Gasteiger partial charge is 0.166 e. The summed E-state index contributed by atoms with van der Waals surface area (Å²) in [6.45, 7) is 6.82. The minimum absolute atomic E-state index is 0.0995. The van der Waals surface area contributed by atoms with Gasteiger partial charge in [-0.05, 0) is 57.0 Å². The Morgan fingerprint density at radius 3 is 2.76 bits per heavy atom. The van der Waals surface area contributed by atoms with E-state index in [-0.39, 0.29) is 11.1 Å². The molecule has 0 aliphatic heterocycles. The SMILES string of the molecule is CCCC(C)C#N.Cc1cc(CN(C)SC(=N)N)c2ncccc2c1. The highest BCUT2D eigenvalue weighted by Crippen LogP contribution is 2.21. The van der Waals surface area contributed by atoms with Crippen molar-refractivity contribution in [1.82, 2.24) is 9.29 Å². The normalized spacial score (nSPS) is 11.5. The highest BCUT2D eigenvalue weighted by atomic mass is 32.2. The summed E-state index contributed by atoms with van der Waals surface area (Å²) in [6.07, 6.45) is 3.96. The number of nitrogens with two attached hydrogens (primary N) is 1. The first kappa shape index (κ1) is 20.9. The molecule has 0 spiro atoms. The maximum atomic E-state index is 8.22. The Hall–Kier alpha value is -2.10. The lowest BCUT2D eigenvalue weighted by molar-refractivity contribution is 0.571. The Bertz CT molecular complexity index is 738. The number of amidine groups is 1. The van der Waals surface area contributed by atoms with Crippen molar-refractivity contribution in [2.45, 2.75) is 40.2 Å². The molecule has 0 amide bonds. The van der Waals surface area contributed by atoms with Gasteiger partial charge >= 0.3 is 0 Å². The first-order valence-electron chi connectivity index (χ1n) is 8.34. The summed E-state index contributed by atoms with van der Waals surface area (Å²) in [6, 6.07) is 10.4. The molecule has 0 bridgehead atoms. The number of aromatic nitrogens is 1. The molecule has 0 saturated heterocycles. The van der Waals surface area contributed by atoms with Gasteiger partial charge in [0.05, 0.1) is 11.6 Å². The largest absolute Gasteiger partial charge is 0.378 e. The molecule has 0 saturated carbocycles. The highest BCUT2D eigenvalue weighted by Gasteiger charge is 2.08. The minimum Gasteiger partial charge on any atom is -0.378 e. The number of rotatable bonds is 5. The molecule has 25 heavy (non-hydrogen) atoms. The highest BCUT2D eigenvalue weighted by molar-refractivity contribution is 8.11. The molecule has 0 radical (unpaired) electrons. The Morgan fingerprint density at radius 1 is 1.48 bits per heavy atom. The zero-order chi connectivity index (χ0) is 18.8. The molecule has 5 nitrogen and oxygen atoms in total. The number of aryl methyl sites for hydroxylation is 1. The van der Waals surface area contributed by atoms with E-state index in [1.807, 2.05) is 24.3 Å². The van der Waals surface area contributed by atoms with Crippen molar-refractivity contribution in [3.8, 4) is 6.07 Å². The van der Waals surface area contributed by atoms with Gasteiger partial charge in [-0.1, -0.05) is 31.0 Å². The van der Waals surface area contributed by atoms with Crippen molar-refractivity contribution in [2.24, 2.45) is 11.7 Å². The van der Waals surface area contributed by atoms with Crippen LogP contribution in [0.5, 0.6) is 0 Å². The fourth-order valence-electron chi connectivity index (χ4n) is 2.49. The quantitative estimate of drug-likeness (QED) is 0.468. The molecule has 0 aliphatic rings. The number of hydrogen-bond acceptors (Lipinski definition) is 5. The van der Waals surface area contributed by atoms with Crippen LogP contribution in [0.15, 0.2) is 30.5 Å². The van der Waals surface area contributed by atoms with Gasteiger partial charge in [0.1, 0.15) is 0 Å². The van der Waals surface area contributed by atoms with Gasteiger partial charge in [-0.25, -0.2) is 4.31 Å². The second kappa shape index (κ2) is 10.7. The van der Waals surface area contributed by atoms with E-state index in [9.17, 15) is 0 Å². The van der Waals surface area contributed by atoms with E-state index in [1.165, 1.54) is 17.5 Å². The molecular formula is C19H27N5S. The van der Waals surface area contributed by atoms with E-state index in [2.05, 4.69) is 43.1 Å². The number of nitrogens with zero attached hydrogens (tertiary/aromatic N) is 3. The van der Waals surface area contributed by atoms with Gasteiger partial charge in [0, 0.05) is 24.0 Å². The maximum Gasteiger partial charge on any atom is 0.166 e. The molecule has 1 atom stereocenters. The topological polar surface area (TPSA) is 89.8 Å². The van der Waals surface area contributed by atoms with E-state index < -0.39 is 0 Å². The standard InChI is InChI=1S/C13H16N4S.C6H11N/c1-9-6-10-4-3-5-16-12(10)11(7-9)8-17(2)18-13(14)15;1-3-4-6(2)5-7/h3-7H,8H2,1-2H3,(H3,14,15);6H,3-4H2,1-2H3. The Morgan fingerprint density at radius 2 is 2.20 bits per heavy atom. The number of fused-ring (bicyclic) bond motifs is 1. The predicted molar refractivity (Wildman–Crippen MR) is 107 cm³/mol. The number of nitriles is 1. The van der Waals surface area contributed by atoms with Crippen molar-refractivity contribution >= 4 is 28.0 Å². The third-order valence-corrected chi connectivity index (χ3v) is 4.15. The number of pyridine rings is 1. The first-order chi connectivity index (χ1) is 11.9. The van der Waals surface area contributed by atoms with Gasteiger partial charge in [0.15, 0.2) is 5.17 Å². The second-order valence-corrected chi connectivity index (χ2v) is 7.31. The zero-order valence-corrected chi connectivity index (χ0v) is 16.2. The van der Waals surface area contributed by atoms with Crippen molar-refractivity contribution in [3.05, 3.63) is 41.6 Å². The van der Waals surface area contributed by atoms with E-state index in [0.29, 0.717) is 6.54 Å². The van der Waals surface area contributed by atoms with Crippen molar-refractivity contribution < 1.29 is 0 Å². The molecule has 134 valence electrons. The number of nitrogens with one attached hydrogen (secondary N) is 1. The number of hydrogen-bond donors (Lipinski definition) is 2. The molecule has 2 rings (SSSR count). The molecule has 3 N–H and O–H groups in total. The maximum absolute atomic E-state index is 8.22. The van der Waals surface area contributed by atoms with Crippen LogP contribution in [0.25, 0.3) is 10.9 Å². The van der Waals surface area contributed by atoms with Crippen LogP contribution in [0.1, 0.15) is 37.8 Å².